The number of nitrogens with one attached hydrogen (secondary N) is 1. The molecule has 2 heterocycles. The zero-order valence-corrected chi connectivity index (χ0v) is 11.3. The van der Waals surface area contributed by atoms with E-state index >= 15 is 0 Å². The zero-order chi connectivity index (χ0) is 13.8. The number of hydrogen-bond acceptors (Lipinski definition) is 4. The van der Waals surface area contributed by atoms with E-state index < -0.39 is 5.95 Å². The van der Waals surface area contributed by atoms with Crippen molar-refractivity contribution >= 4 is 5.82 Å². The Kier molecular flexibility index (Phi) is 4.04. The third-order valence-electron chi connectivity index (χ3n) is 2.67. The lowest BCUT2D eigenvalue weighted by atomic mass is 10.1. The lowest BCUT2D eigenvalue weighted by molar-refractivity contribution is 0.575. The molecule has 0 aliphatic rings. The maximum absolute atomic E-state index is 13.1. The van der Waals surface area contributed by atoms with Gasteiger partial charge in [-0.1, -0.05) is 13.8 Å². The average molecular weight is 260 g/mol. The summed E-state index contributed by atoms with van der Waals surface area (Å²) in [7, 11) is 0. The minimum atomic E-state index is -0.448. The fourth-order valence-corrected chi connectivity index (χ4v) is 1.62. The van der Waals surface area contributed by atoms with Gasteiger partial charge in [0.05, 0.1) is 5.69 Å². The Morgan fingerprint density at radius 2 is 2.00 bits per heavy atom. The smallest absolute Gasteiger partial charge is 0.215 e. The Balaban J connectivity index is 2.24. The molecule has 0 aromatic carbocycles. The van der Waals surface area contributed by atoms with E-state index in [1.807, 2.05) is 6.07 Å². The normalized spacial score (nSPS) is 10.8. The molecule has 0 unspecified atom stereocenters. The molecule has 4 nitrogen and oxygen atoms in total. The van der Waals surface area contributed by atoms with Crippen molar-refractivity contribution in [1.29, 1.82) is 0 Å². The standard InChI is InChI=1S/C14H17FN4/c1-9(2)6-16-13-5-12(18-8-19-13)11-4-10(3)14(15)17-7-11/h4-5,7-9H,6H2,1-3H3,(H,16,18,19). The second kappa shape index (κ2) is 5.73. The lowest BCUT2D eigenvalue weighted by Crippen LogP contribution is -2.09. The van der Waals surface area contributed by atoms with E-state index in [1.54, 1.807) is 13.0 Å². The van der Waals surface area contributed by atoms with Crippen LogP contribution in [-0.4, -0.2) is 21.5 Å². The highest BCUT2D eigenvalue weighted by Gasteiger charge is 2.06. The van der Waals surface area contributed by atoms with Crippen molar-refractivity contribution < 1.29 is 4.39 Å². The van der Waals surface area contributed by atoms with Crippen molar-refractivity contribution in [2.45, 2.75) is 20.8 Å². The molecule has 0 radical (unpaired) electrons. The van der Waals surface area contributed by atoms with Crippen LogP contribution in [0.15, 0.2) is 24.7 Å². The van der Waals surface area contributed by atoms with E-state index in [4.69, 9.17) is 0 Å². The van der Waals surface area contributed by atoms with Crippen molar-refractivity contribution in [3.05, 3.63) is 36.2 Å². The van der Waals surface area contributed by atoms with Crippen molar-refractivity contribution in [2.24, 2.45) is 5.92 Å². The first kappa shape index (κ1) is 13.4. The highest BCUT2D eigenvalue weighted by molar-refractivity contribution is 5.61. The van der Waals surface area contributed by atoms with Crippen molar-refractivity contribution in [1.82, 2.24) is 15.0 Å². The molecule has 2 aromatic rings. The summed E-state index contributed by atoms with van der Waals surface area (Å²) >= 11 is 0. The van der Waals surface area contributed by atoms with E-state index in [-0.39, 0.29) is 0 Å². The largest absolute Gasteiger partial charge is 0.370 e. The van der Waals surface area contributed by atoms with Crippen LogP contribution in [0.2, 0.25) is 0 Å². The van der Waals surface area contributed by atoms with Gasteiger partial charge in [-0.25, -0.2) is 15.0 Å². The highest BCUT2D eigenvalue weighted by Crippen LogP contribution is 2.19. The molecular weight excluding hydrogens is 243 g/mol. The number of halogens is 1. The third kappa shape index (κ3) is 3.47. The van der Waals surface area contributed by atoms with Crippen LogP contribution in [0.3, 0.4) is 0 Å². The predicted molar refractivity (Wildman–Crippen MR) is 73.3 cm³/mol. The van der Waals surface area contributed by atoms with Gasteiger partial charge < -0.3 is 5.32 Å². The topological polar surface area (TPSA) is 50.7 Å². The summed E-state index contributed by atoms with van der Waals surface area (Å²) in [5.41, 5.74) is 2.03. The van der Waals surface area contributed by atoms with E-state index in [2.05, 4.69) is 34.1 Å². The number of aryl methyl sites for hydroxylation is 1. The second-order valence-electron chi connectivity index (χ2n) is 4.89. The first-order valence-corrected chi connectivity index (χ1v) is 6.24. The lowest BCUT2D eigenvalue weighted by Gasteiger charge is -2.09. The summed E-state index contributed by atoms with van der Waals surface area (Å²) in [5, 5.41) is 3.23. The van der Waals surface area contributed by atoms with Gasteiger partial charge in [-0.15, -0.1) is 0 Å². The van der Waals surface area contributed by atoms with Gasteiger partial charge in [0.2, 0.25) is 5.95 Å². The molecule has 0 aliphatic heterocycles. The molecule has 1 N–H and O–H groups in total. The minimum Gasteiger partial charge on any atom is -0.370 e. The van der Waals surface area contributed by atoms with Crippen LogP contribution < -0.4 is 5.32 Å². The van der Waals surface area contributed by atoms with Crippen LogP contribution in [0.1, 0.15) is 19.4 Å². The molecule has 0 saturated carbocycles. The molecule has 5 heteroatoms. The molecular formula is C14H17FN4. The maximum atomic E-state index is 13.1. The van der Waals surface area contributed by atoms with Crippen LogP contribution >= 0.6 is 0 Å². The number of anilines is 1. The molecule has 19 heavy (non-hydrogen) atoms. The van der Waals surface area contributed by atoms with E-state index in [0.717, 1.165) is 23.6 Å². The van der Waals surface area contributed by atoms with Crippen LogP contribution in [0.5, 0.6) is 0 Å². The molecule has 0 amide bonds. The molecule has 0 atom stereocenters. The Hall–Kier alpha value is -2.04. The van der Waals surface area contributed by atoms with Gasteiger partial charge in [-0.3, -0.25) is 0 Å². The number of hydrogen-bond donors (Lipinski definition) is 1. The van der Waals surface area contributed by atoms with Gasteiger partial charge in [0.25, 0.3) is 0 Å². The fraction of sp³-hybridized carbons (Fsp3) is 0.357. The zero-order valence-electron chi connectivity index (χ0n) is 11.3. The van der Waals surface area contributed by atoms with E-state index in [0.29, 0.717) is 11.5 Å². The number of rotatable bonds is 4. The first-order chi connectivity index (χ1) is 9.06. The van der Waals surface area contributed by atoms with Gasteiger partial charge in [0, 0.05) is 29.9 Å². The molecule has 100 valence electrons. The van der Waals surface area contributed by atoms with Gasteiger partial charge in [-0.2, -0.15) is 4.39 Å². The first-order valence-electron chi connectivity index (χ1n) is 6.24. The maximum Gasteiger partial charge on any atom is 0.215 e. The fourth-order valence-electron chi connectivity index (χ4n) is 1.62. The molecule has 2 aromatic heterocycles. The van der Waals surface area contributed by atoms with E-state index in [9.17, 15) is 4.39 Å². The average Bonchev–Trinajstić information content (AvgIpc) is 2.40. The summed E-state index contributed by atoms with van der Waals surface area (Å²) in [6.45, 7) is 6.78. The molecule has 2 rings (SSSR count). The summed E-state index contributed by atoms with van der Waals surface area (Å²) in [6, 6.07) is 3.58. The Morgan fingerprint density at radius 3 is 2.68 bits per heavy atom. The van der Waals surface area contributed by atoms with Crippen LogP contribution in [0.25, 0.3) is 11.3 Å². The summed E-state index contributed by atoms with van der Waals surface area (Å²) in [6.07, 6.45) is 2.98. The minimum absolute atomic E-state index is 0.448. The quantitative estimate of drug-likeness (QED) is 0.858. The number of pyridine rings is 1. The molecule has 0 saturated heterocycles. The van der Waals surface area contributed by atoms with Gasteiger partial charge in [0.15, 0.2) is 0 Å². The SMILES string of the molecule is Cc1cc(-c2cc(NCC(C)C)ncn2)cnc1F. The molecule has 0 bridgehead atoms. The van der Waals surface area contributed by atoms with Crippen LogP contribution in [-0.2, 0) is 0 Å². The summed E-state index contributed by atoms with van der Waals surface area (Å²) < 4.78 is 13.1. The monoisotopic (exact) mass is 260 g/mol. The summed E-state index contributed by atoms with van der Waals surface area (Å²) in [5.74, 6) is 0.852. The van der Waals surface area contributed by atoms with Crippen molar-refractivity contribution in [3.8, 4) is 11.3 Å². The van der Waals surface area contributed by atoms with Crippen LogP contribution in [0.4, 0.5) is 10.2 Å². The molecule has 0 spiro atoms. The molecule has 0 aliphatic carbocycles. The Labute approximate surface area is 112 Å². The highest BCUT2D eigenvalue weighted by atomic mass is 19.1. The third-order valence-corrected chi connectivity index (χ3v) is 2.67. The Bertz CT molecular complexity index is 569. The summed E-state index contributed by atoms with van der Waals surface area (Å²) in [4.78, 5) is 12.1. The second-order valence-corrected chi connectivity index (χ2v) is 4.89. The Morgan fingerprint density at radius 1 is 1.21 bits per heavy atom. The number of nitrogens with zero attached hydrogens (tertiary/aromatic N) is 3. The van der Waals surface area contributed by atoms with Crippen molar-refractivity contribution in [3.63, 3.8) is 0 Å². The van der Waals surface area contributed by atoms with Gasteiger partial charge in [-0.05, 0) is 18.9 Å². The van der Waals surface area contributed by atoms with Crippen LogP contribution in [0, 0.1) is 18.8 Å². The number of aromatic nitrogens is 3. The van der Waals surface area contributed by atoms with Gasteiger partial charge >= 0.3 is 0 Å². The predicted octanol–water partition coefficient (Wildman–Crippen LogP) is 3.05. The van der Waals surface area contributed by atoms with Gasteiger partial charge in [0.1, 0.15) is 12.1 Å². The molecule has 0 fully saturated rings. The van der Waals surface area contributed by atoms with E-state index in [1.165, 1.54) is 12.5 Å². The van der Waals surface area contributed by atoms with Crippen molar-refractivity contribution in [2.75, 3.05) is 11.9 Å².